The van der Waals surface area contributed by atoms with Crippen LogP contribution in [-0.2, 0) is 7.05 Å². The molecule has 5 aromatic rings. The molecule has 1 fully saturated rings. The molecule has 1 nitrogen and oxygen atoms in total. The molecule has 27 heavy (non-hydrogen) atoms. The molecule has 134 valence electrons. The molecule has 1 aliphatic rings. The van der Waals surface area contributed by atoms with Gasteiger partial charge in [-0.3, -0.25) is 0 Å². The molecule has 0 amide bonds. The number of benzene rings is 3. The molecular formula is C25H23NS. The molecule has 0 unspecified atom stereocenters. The molecule has 2 aromatic heterocycles. The van der Waals surface area contributed by atoms with Crippen LogP contribution >= 0.6 is 11.3 Å². The highest BCUT2D eigenvalue weighted by atomic mass is 32.1. The molecule has 0 radical (unpaired) electrons. The van der Waals surface area contributed by atoms with E-state index < -0.39 is 0 Å². The van der Waals surface area contributed by atoms with Crippen LogP contribution in [0.15, 0.2) is 54.6 Å². The van der Waals surface area contributed by atoms with Gasteiger partial charge in [-0.2, -0.15) is 0 Å². The maximum atomic E-state index is 2.49. The van der Waals surface area contributed by atoms with Gasteiger partial charge in [0.05, 0.1) is 15.7 Å². The summed E-state index contributed by atoms with van der Waals surface area (Å²) in [5, 5.41) is 5.62. The van der Waals surface area contributed by atoms with Crippen LogP contribution in [0.3, 0.4) is 0 Å². The summed E-state index contributed by atoms with van der Waals surface area (Å²) in [6.45, 7) is 0. The third-order valence-electron chi connectivity index (χ3n) is 6.59. The van der Waals surface area contributed by atoms with Crippen LogP contribution in [0.1, 0.15) is 43.6 Å². The third-order valence-corrected chi connectivity index (χ3v) is 7.79. The van der Waals surface area contributed by atoms with Crippen molar-refractivity contribution in [2.24, 2.45) is 7.05 Å². The Bertz CT molecular complexity index is 1310. The lowest BCUT2D eigenvalue weighted by Gasteiger charge is -2.23. The van der Waals surface area contributed by atoms with Crippen LogP contribution < -0.4 is 0 Å². The highest BCUT2D eigenvalue weighted by Crippen LogP contribution is 2.44. The minimum atomic E-state index is 0.725. The fourth-order valence-corrected chi connectivity index (χ4v) is 6.62. The monoisotopic (exact) mass is 369 g/mol. The first-order valence-electron chi connectivity index (χ1n) is 10.1. The van der Waals surface area contributed by atoms with Crippen LogP contribution in [0, 0.1) is 0 Å². The molecule has 1 aliphatic carbocycles. The smallest absolute Gasteiger partial charge is 0.0670 e. The van der Waals surface area contributed by atoms with Crippen LogP contribution in [0.4, 0.5) is 0 Å². The Morgan fingerprint density at radius 1 is 0.741 bits per heavy atom. The first-order chi connectivity index (χ1) is 13.3. The van der Waals surface area contributed by atoms with Crippen LogP contribution in [-0.4, -0.2) is 4.57 Å². The Balaban J connectivity index is 1.74. The van der Waals surface area contributed by atoms with E-state index in [0.717, 1.165) is 5.92 Å². The van der Waals surface area contributed by atoms with Gasteiger partial charge in [0.2, 0.25) is 0 Å². The van der Waals surface area contributed by atoms with E-state index in [0.29, 0.717) is 0 Å². The number of nitrogens with zero attached hydrogens (tertiary/aromatic N) is 1. The maximum absolute atomic E-state index is 2.49. The zero-order valence-electron chi connectivity index (χ0n) is 15.7. The van der Waals surface area contributed by atoms with Crippen LogP contribution in [0.2, 0.25) is 0 Å². The Labute approximate surface area is 163 Å². The minimum Gasteiger partial charge on any atom is -0.342 e. The predicted octanol–water partition coefficient (Wildman–Crippen LogP) is 7.75. The number of fused-ring (bicyclic) bond motifs is 7. The van der Waals surface area contributed by atoms with Crippen molar-refractivity contribution in [1.82, 2.24) is 4.57 Å². The van der Waals surface area contributed by atoms with E-state index in [-0.39, 0.29) is 0 Å². The summed E-state index contributed by atoms with van der Waals surface area (Å²) in [5.41, 5.74) is 4.44. The van der Waals surface area contributed by atoms with Gasteiger partial charge in [0.25, 0.3) is 0 Å². The molecule has 0 aliphatic heterocycles. The van der Waals surface area contributed by atoms with Gasteiger partial charge < -0.3 is 4.57 Å². The molecule has 1 saturated carbocycles. The molecule has 6 rings (SSSR count). The second kappa shape index (κ2) is 5.84. The van der Waals surface area contributed by atoms with Gasteiger partial charge >= 0.3 is 0 Å². The van der Waals surface area contributed by atoms with Gasteiger partial charge in [0.1, 0.15) is 0 Å². The number of hydrogen-bond donors (Lipinski definition) is 0. The second-order valence-corrected chi connectivity index (χ2v) is 9.13. The molecule has 0 saturated heterocycles. The van der Waals surface area contributed by atoms with Crippen molar-refractivity contribution >= 4 is 53.3 Å². The summed E-state index contributed by atoms with van der Waals surface area (Å²) in [5.74, 6) is 0.725. The third kappa shape index (κ3) is 2.17. The standard InChI is InChI=1S/C25H23NS/c1-26-23-17(16-8-3-2-4-9-16)11-7-12-19(23)20-14-15-21-18-10-5-6-13-22(18)27-25(21)24(20)26/h5-7,10-16H,2-4,8-9H2,1H3. The highest BCUT2D eigenvalue weighted by molar-refractivity contribution is 7.26. The zero-order valence-corrected chi connectivity index (χ0v) is 16.5. The van der Waals surface area contributed by atoms with Crippen molar-refractivity contribution in [2.75, 3.05) is 0 Å². The van der Waals surface area contributed by atoms with Gasteiger partial charge in [-0.05, 0) is 30.4 Å². The van der Waals surface area contributed by atoms with Crippen LogP contribution in [0.5, 0.6) is 0 Å². The summed E-state index contributed by atoms with van der Waals surface area (Å²) in [6.07, 6.45) is 6.86. The largest absolute Gasteiger partial charge is 0.342 e. The molecule has 0 spiro atoms. The van der Waals surface area contributed by atoms with E-state index in [4.69, 9.17) is 0 Å². The Morgan fingerprint density at radius 2 is 1.48 bits per heavy atom. The van der Waals surface area contributed by atoms with Crippen molar-refractivity contribution < 1.29 is 0 Å². The van der Waals surface area contributed by atoms with Gasteiger partial charge in [-0.25, -0.2) is 0 Å². The summed E-state index contributed by atoms with van der Waals surface area (Å²) < 4.78 is 5.31. The first-order valence-corrected chi connectivity index (χ1v) is 11.0. The quantitative estimate of drug-likeness (QED) is 0.285. The Morgan fingerprint density at radius 3 is 2.37 bits per heavy atom. The lowest BCUT2D eigenvalue weighted by molar-refractivity contribution is 0.445. The number of rotatable bonds is 1. The molecule has 2 heterocycles. The number of aryl methyl sites for hydroxylation is 1. The van der Waals surface area contributed by atoms with Gasteiger partial charge in [0, 0.05) is 33.3 Å². The Hall–Kier alpha value is -2.32. The fraction of sp³-hybridized carbons (Fsp3) is 0.280. The van der Waals surface area contributed by atoms with E-state index in [1.54, 1.807) is 5.56 Å². The molecule has 3 aromatic carbocycles. The number of aromatic nitrogens is 1. The predicted molar refractivity (Wildman–Crippen MR) is 119 cm³/mol. The maximum Gasteiger partial charge on any atom is 0.0670 e. The lowest BCUT2D eigenvalue weighted by atomic mass is 9.83. The average Bonchev–Trinajstić information content (AvgIpc) is 3.24. The normalized spacial score (nSPS) is 16.2. The first kappa shape index (κ1) is 15.7. The van der Waals surface area contributed by atoms with Crippen LogP contribution in [0.25, 0.3) is 42.0 Å². The fourth-order valence-electron chi connectivity index (χ4n) is 5.33. The summed E-state index contributed by atoms with van der Waals surface area (Å²) in [6, 6.07) is 20.5. The summed E-state index contributed by atoms with van der Waals surface area (Å²) in [4.78, 5) is 0. The molecule has 0 N–H and O–H groups in total. The SMILES string of the molecule is Cn1c2c(C3CCCCC3)cccc2c2ccc3c4ccccc4sc3c21. The van der Waals surface area contributed by atoms with Gasteiger partial charge in [-0.15, -0.1) is 11.3 Å². The van der Waals surface area contributed by atoms with Crippen molar-refractivity contribution in [2.45, 2.75) is 38.0 Å². The van der Waals surface area contributed by atoms with E-state index in [9.17, 15) is 0 Å². The molecule has 2 heteroatoms. The van der Waals surface area contributed by atoms with Gasteiger partial charge in [-0.1, -0.05) is 67.8 Å². The van der Waals surface area contributed by atoms with E-state index in [1.165, 1.54) is 74.1 Å². The highest BCUT2D eigenvalue weighted by Gasteiger charge is 2.22. The number of para-hydroxylation sites is 1. The number of thiophene rings is 1. The molecular weight excluding hydrogens is 346 g/mol. The van der Waals surface area contributed by atoms with Crippen molar-refractivity contribution in [3.63, 3.8) is 0 Å². The second-order valence-electron chi connectivity index (χ2n) is 8.07. The lowest BCUT2D eigenvalue weighted by Crippen LogP contribution is -2.06. The van der Waals surface area contributed by atoms with Crippen molar-refractivity contribution in [3.05, 3.63) is 60.2 Å². The van der Waals surface area contributed by atoms with E-state index in [1.807, 2.05) is 11.3 Å². The topological polar surface area (TPSA) is 4.93 Å². The molecule has 0 bridgehead atoms. The Kier molecular flexibility index (Phi) is 3.40. The summed E-state index contributed by atoms with van der Waals surface area (Å²) >= 11 is 1.94. The number of hydrogen-bond acceptors (Lipinski definition) is 1. The van der Waals surface area contributed by atoms with E-state index >= 15 is 0 Å². The van der Waals surface area contributed by atoms with E-state index in [2.05, 4.69) is 66.2 Å². The van der Waals surface area contributed by atoms with Crippen molar-refractivity contribution in [3.8, 4) is 0 Å². The minimum absolute atomic E-state index is 0.725. The van der Waals surface area contributed by atoms with Crippen molar-refractivity contribution in [1.29, 1.82) is 0 Å². The van der Waals surface area contributed by atoms with Gasteiger partial charge in [0.15, 0.2) is 0 Å². The summed E-state index contributed by atoms with van der Waals surface area (Å²) in [7, 11) is 2.28. The zero-order chi connectivity index (χ0) is 18.0. The average molecular weight is 370 g/mol. The molecule has 0 atom stereocenters.